The second-order valence-corrected chi connectivity index (χ2v) is 6.78. The number of nitrogens with zero attached hydrogens (tertiary/aromatic N) is 3. The number of carbonyl (C=O) groups is 1. The minimum Gasteiger partial charge on any atom is -0.397 e. The van der Waals surface area contributed by atoms with Gasteiger partial charge in [-0.2, -0.15) is 0 Å². The highest BCUT2D eigenvalue weighted by atomic mass is 19.1. The maximum atomic E-state index is 13.1. The van der Waals surface area contributed by atoms with Crippen molar-refractivity contribution in [2.75, 3.05) is 11.1 Å². The van der Waals surface area contributed by atoms with Crippen LogP contribution in [0.4, 0.5) is 15.8 Å². The van der Waals surface area contributed by atoms with Crippen molar-refractivity contribution >= 4 is 17.3 Å². The maximum Gasteiger partial charge on any atom is 0.275 e. The Labute approximate surface area is 161 Å². The number of fused-ring (bicyclic) bond motifs is 1. The van der Waals surface area contributed by atoms with Gasteiger partial charge in [0.1, 0.15) is 17.3 Å². The molecule has 4 rings (SSSR count). The molecule has 0 saturated carbocycles. The van der Waals surface area contributed by atoms with Crippen molar-refractivity contribution in [1.82, 2.24) is 9.55 Å². The Morgan fingerprint density at radius 3 is 2.75 bits per heavy atom. The molecule has 1 amide bonds. The van der Waals surface area contributed by atoms with Gasteiger partial charge in [-0.15, -0.1) is 0 Å². The van der Waals surface area contributed by atoms with E-state index in [-0.39, 0.29) is 17.8 Å². The third-order valence-electron chi connectivity index (χ3n) is 4.86. The third kappa shape index (κ3) is 3.45. The Hall–Kier alpha value is -3.66. The molecule has 3 N–H and O–H groups in total. The van der Waals surface area contributed by atoms with E-state index in [9.17, 15) is 9.18 Å². The highest BCUT2D eigenvalue weighted by Crippen LogP contribution is 2.28. The molecule has 2 aromatic carbocycles. The number of nitrogens with one attached hydrogen (secondary N) is 1. The molecule has 1 atom stereocenters. The summed E-state index contributed by atoms with van der Waals surface area (Å²) in [6.07, 6.45) is 3.12. The number of aryl methyl sites for hydroxylation is 1. The zero-order valence-corrected chi connectivity index (χ0v) is 15.0. The van der Waals surface area contributed by atoms with E-state index in [2.05, 4.69) is 15.1 Å². The minimum atomic E-state index is -0.357. The smallest absolute Gasteiger partial charge is 0.275 e. The Morgan fingerprint density at radius 2 is 2.00 bits per heavy atom. The van der Waals surface area contributed by atoms with Gasteiger partial charge in [0.2, 0.25) is 6.04 Å². The lowest BCUT2D eigenvalue weighted by Crippen LogP contribution is -2.21. The summed E-state index contributed by atoms with van der Waals surface area (Å²) in [6.45, 7) is 7.74. The Bertz CT molecular complexity index is 1080. The zero-order valence-electron chi connectivity index (χ0n) is 15.0. The highest BCUT2D eigenvalue weighted by molar-refractivity contribution is 6.04. The van der Waals surface area contributed by atoms with Gasteiger partial charge in [0.05, 0.1) is 17.9 Å². The summed E-state index contributed by atoms with van der Waals surface area (Å²) in [5.41, 5.74) is 8.85. The summed E-state index contributed by atoms with van der Waals surface area (Å²) < 4.78 is 15.0. The first-order valence-corrected chi connectivity index (χ1v) is 8.93. The Morgan fingerprint density at radius 1 is 1.25 bits per heavy atom. The molecule has 7 heteroatoms. The molecule has 0 radical (unpaired) electrons. The topological polar surface area (TPSA) is 77.3 Å². The number of rotatable bonds is 3. The molecule has 1 unspecified atom stereocenters. The van der Waals surface area contributed by atoms with E-state index in [0.717, 1.165) is 23.4 Å². The average molecular weight is 375 g/mol. The number of nitrogens with two attached hydrogens (primary N) is 1. The number of carbonyl (C=O) groups excluding carboxylic acids is 1. The summed E-state index contributed by atoms with van der Waals surface area (Å²) in [4.78, 5) is 20.7. The van der Waals surface area contributed by atoms with Crippen LogP contribution in [0.1, 0.15) is 22.7 Å². The number of anilines is 2. The molecule has 1 aliphatic heterocycles. The normalized spacial score (nSPS) is 15.5. The number of benzene rings is 2. The molecule has 0 spiro atoms. The van der Waals surface area contributed by atoms with Gasteiger partial charge in [-0.1, -0.05) is 18.2 Å². The fourth-order valence-corrected chi connectivity index (χ4v) is 3.31. The first-order chi connectivity index (χ1) is 13.5. The monoisotopic (exact) mass is 375 g/mol. The van der Waals surface area contributed by atoms with Gasteiger partial charge in [0, 0.05) is 19.0 Å². The van der Waals surface area contributed by atoms with Crippen LogP contribution in [0.25, 0.3) is 16.0 Å². The largest absolute Gasteiger partial charge is 0.397 e. The second kappa shape index (κ2) is 7.16. The van der Waals surface area contributed by atoms with Gasteiger partial charge in [0.25, 0.3) is 5.91 Å². The lowest BCUT2D eigenvalue weighted by molar-refractivity contribution is 0.102. The SMILES string of the molecule is [C-]#[N+]C1CCc2nc(C(=O)Nc3cc(-c4ccc(F)cc4)ccc3N)cn2C1. The van der Waals surface area contributed by atoms with Crippen molar-refractivity contribution in [3.8, 4) is 11.1 Å². The molecule has 2 heterocycles. The Kier molecular flexibility index (Phi) is 4.53. The molecule has 28 heavy (non-hydrogen) atoms. The van der Waals surface area contributed by atoms with E-state index in [1.807, 2.05) is 10.6 Å². The summed E-state index contributed by atoms with van der Waals surface area (Å²) in [5.74, 6) is 0.152. The number of nitrogen functional groups attached to an aromatic ring is 1. The van der Waals surface area contributed by atoms with E-state index in [1.54, 1.807) is 30.5 Å². The van der Waals surface area contributed by atoms with Crippen molar-refractivity contribution < 1.29 is 9.18 Å². The summed E-state index contributed by atoms with van der Waals surface area (Å²) >= 11 is 0. The van der Waals surface area contributed by atoms with E-state index in [4.69, 9.17) is 12.3 Å². The lowest BCUT2D eigenvalue weighted by atomic mass is 10.0. The van der Waals surface area contributed by atoms with Crippen LogP contribution in [-0.2, 0) is 13.0 Å². The van der Waals surface area contributed by atoms with Crippen molar-refractivity contribution in [1.29, 1.82) is 0 Å². The van der Waals surface area contributed by atoms with Crippen LogP contribution in [0.15, 0.2) is 48.7 Å². The molecule has 140 valence electrons. The lowest BCUT2D eigenvalue weighted by Gasteiger charge is -2.14. The van der Waals surface area contributed by atoms with Crippen molar-refractivity contribution in [3.05, 3.63) is 77.4 Å². The number of imidazole rings is 1. The molecule has 0 fully saturated rings. The van der Waals surface area contributed by atoms with Gasteiger partial charge in [-0.3, -0.25) is 4.79 Å². The third-order valence-corrected chi connectivity index (χ3v) is 4.86. The number of hydrogen-bond donors (Lipinski definition) is 2. The predicted octanol–water partition coefficient (Wildman–Crippen LogP) is 3.76. The molecule has 0 saturated heterocycles. The molecule has 0 aliphatic carbocycles. The van der Waals surface area contributed by atoms with Crippen molar-refractivity contribution in [2.45, 2.75) is 25.4 Å². The molecular formula is C21H18FN5O. The number of halogens is 1. The van der Waals surface area contributed by atoms with Crippen LogP contribution < -0.4 is 11.1 Å². The number of amides is 1. The van der Waals surface area contributed by atoms with Crippen LogP contribution >= 0.6 is 0 Å². The molecule has 1 aromatic heterocycles. The fraction of sp³-hybridized carbons (Fsp3) is 0.190. The first kappa shape index (κ1) is 17.7. The van der Waals surface area contributed by atoms with Gasteiger partial charge in [-0.25, -0.2) is 15.9 Å². The standard InChI is InChI=1S/C21H18FN5O/c1-24-16-7-9-20-25-19(12-27(20)11-16)21(28)26-18-10-14(4-8-17(18)23)13-2-5-15(22)6-3-13/h2-6,8,10,12,16H,7,9,11,23H2,(H,26,28). The summed E-state index contributed by atoms with van der Waals surface area (Å²) in [6, 6.07) is 11.3. The van der Waals surface area contributed by atoms with E-state index >= 15 is 0 Å². The van der Waals surface area contributed by atoms with E-state index in [0.29, 0.717) is 30.0 Å². The van der Waals surface area contributed by atoms with Gasteiger partial charge < -0.3 is 20.5 Å². The van der Waals surface area contributed by atoms with Crippen LogP contribution in [-0.4, -0.2) is 21.5 Å². The van der Waals surface area contributed by atoms with Crippen molar-refractivity contribution in [2.24, 2.45) is 0 Å². The minimum absolute atomic E-state index is 0.0688. The van der Waals surface area contributed by atoms with Crippen LogP contribution in [0.5, 0.6) is 0 Å². The Balaban J connectivity index is 1.57. The average Bonchev–Trinajstić information content (AvgIpc) is 3.13. The van der Waals surface area contributed by atoms with Gasteiger partial charge in [0.15, 0.2) is 0 Å². The van der Waals surface area contributed by atoms with E-state index < -0.39 is 0 Å². The maximum absolute atomic E-state index is 13.1. The van der Waals surface area contributed by atoms with Crippen LogP contribution in [0.2, 0.25) is 0 Å². The van der Waals surface area contributed by atoms with Gasteiger partial charge >= 0.3 is 0 Å². The second-order valence-electron chi connectivity index (χ2n) is 6.78. The molecule has 6 nitrogen and oxygen atoms in total. The first-order valence-electron chi connectivity index (χ1n) is 8.93. The number of aromatic nitrogens is 2. The molecular weight excluding hydrogens is 357 g/mol. The summed E-state index contributed by atoms with van der Waals surface area (Å²) in [5, 5.41) is 2.81. The predicted molar refractivity (Wildman–Crippen MR) is 105 cm³/mol. The van der Waals surface area contributed by atoms with E-state index in [1.165, 1.54) is 12.1 Å². The van der Waals surface area contributed by atoms with Gasteiger partial charge in [-0.05, 0) is 35.4 Å². The van der Waals surface area contributed by atoms with Crippen LogP contribution in [0.3, 0.4) is 0 Å². The quantitative estimate of drug-likeness (QED) is 0.541. The summed E-state index contributed by atoms with van der Waals surface area (Å²) in [7, 11) is 0. The van der Waals surface area contributed by atoms with Crippen LogP contribution in [0, 0.1) is 12.4 Å². The highest BCUT2D eigenvalue weighted by Gasteiger charge is 2.25. The van der Waals surface area contributed by atoms with Crippen molar-refractivity contribution in [3.63, 3.8) is 0 Å². The molecule has 1 aliphatic rings. The molecule has 3 aromatic rings. The molecule has 0 bridgehead atoms. The zero-order chi connectivity index (χ0) is 19.7. The number of hydrogen-bond acceptors (Lipinski definition) is 3. The fourth-order valence-electron chi connectivity index (χ4n) is 3.31.